The molecule has 1 atom stereocenters. The molecule has 0 spiro atoms. The molecule has 0 unspecified atom stereocenters. The molecule has 0 aliphatic carbocycles. The fraction of sp³-hybridized carbons (Fsp3) is 0.154. The number of thiophene rings is 1. The molecule has 2 rings (SSSR count). The Morgan fingerprint density at radius 1 is 1.33 bits per heavy atom. The van der Waals surface area contributed by atoms with Gasteiger partial charge in [-0.15, -0.1) is 11.3 Å². The van der Waals surface area contributed by atoms with Gasteiger partial charge in [0.15, 0.2) is 6.04 Å². The number of methoxy groups -OCH3 is 1. The van der Waals surface area contributed by atoms with E-state index < -0.39 is 12.0 Å². The second kappa shape index (κ2) is 5.55. The molecule has 0 aliphatic heterocycles. The van der Waals surface area contributed by atoms with E-state index in [0.29, 0.717) is 11.4 Å². The highest BCUT2D eigenvalue weighted by Gasteiger charge is 2.21. The van der Waals surface area contributed by atoms with Crippen molar-refractivity contribution in [2.24, 2.45) is 0 Å². The molecule has 94 valence electrons. The molecule has 0 aliphatic rings. The first kappa shape index (κ1) is 12.4. The number of hydrogen-bond acceptors (Lipinski definition) is 4. The number of carboxylic acid groups (broad SMARTS) is 1. The van der Waals surface area contributed by atoms with Gasteiger partial charge in [-0.3, -0.25) is 0 Å². The maximum absolute atomic E-state index is 11.3. The summed E-state index contributed by atoms with van der Waals surface area (Å²) in [5.74, 6) is -0.288. The SMILES string of the molecule is COc1ccccc1N[C@@H](C(=O)O)c1cccs1. The van der Waals surface area contributed by atoms with Crippen molar-refractivity contribution in [1.29, 1.82) is 0 Å². The van der Waals surface area contributed by atoms with E-state index in [1.807, 2.05) is 23.6 Å². The first-order valence-electron chi connectivity index (χ1n) is 5.38. The van der Waals surface area contributed by atoms with Crippen LogP contribution in [0.15, 0.2) is 41.8 Å². The number of carbonyl (C=O) groups is 1. The van der Waals surface area contributed by atoms with Gasteiger partial charge >= 0.3 is 5.97 Å². The van der Waals surface area contributed by atoms with Crippen LogP contribution in [0, 0.1) is 0 Å². The number of ether oxygens (including phenoxy) is 1. The van der Waals surface area contributed by atoms with Gasteiger partial charge in [0.1, 0.15) is 5.75 Å². The average Bonchev–Trinajstić information content (AvgIpc) is 2.89. The number of carboxylic acids is 1. The Bertz CT molecular complexity index is 525. The zero-order chi connectivity index (χ0) is 13.0. The van der Waals surface area contributed by atoms with Crippen LogP contribution in [-0.4, -0.2) is 18.2 Å². The number of anilines is 1. The van der Waals surface area contributed by atoms with Crippen molar-refractivity contribution < 1.29 is 14.6 Å². The van der Waals surface area contributed by atoms with Crippen LogP contribution in [0.25, 0.3) is 0 Å². The van der Waals surface area contributed by atoms with E-state index in [-0.39, 0.29) is 0 Å². The number of hydrogen-bond donors (Lipinski definition) is 2. The summed E-state index contributed by atoms with van der Waals surface area (Å²) in [4.78, 5) is 12.1. The van der Waals surface area contributed by atoms with Crippen molar-refractivity contribution in [3.63, 3.8) is 0 Å². The van der Waals surface area contributed by atoms with Crippen LogP contribution >= 0.6 is 11.3 Å². The zero-order valence-electron chi connectivity index (χ0n) is 9.79. The molecular weight excluding hydrogens is 250 g/mol. The molecule has 18 heavy (non-hydrogen) atoms. The predicted molar refractivity (Wildman–Crippen MR) is 71.3 cm³/mol. The van der Waals surface area contributed by atoms with Crippen molar-refractivity contribution in [3.8, 4) is 5.75 Å². The number of para-hydroxylation sites is 2. The quantitative estimate of drug-likeness (QED) is 0.870. The largest absolute Gasteiger partial charge is 0.495 e. The lowest BCUT2D eigenvalue weighted by molar-refractivity contribution is -0.138. The maximum Gasteiger partial charge on any atom is 0.331 e. The third-order valence-corrected chi connectivity index (χ3v) is 3.42. The fourth-order valence-electron chi connectivity index (χ4n) is 1.63. The van der Waals surface area contributed by atoms with Crippen LogP contribution < -0.4 is 10.1 Å². The summed E-state index contributed by atoms with van der Waals surface area (Å²) in [5, 5.41) is 14.1. The van der Waals surface area contributed by atoms with Crippen LogP contribution in [0.1, 0.15) is 10.9 Å². The molecule has 0 saturated carbocycles. The minimum atomic E-state index is -0.914. The van der Waals surface area contributed by atoms with Crippen LogP contribution in [0.2, 0.25) is 0 Å². The minimum Gasteiger partial charge on any atom is -0.495 e. The van der Waals surface area contributed by atoms with Crippen molar-refractivity contribution in [2.45, 2.75) is 6.04 Å². The molecule has 1 heterocycles. The number of nitrogens with one attached hydrogen (secondary N) is 1. The molecule has 0 amide bonds. The monoisotopic (exact) mass is 263 g/mol. The van der Waals surface area contributed by atoms with Crippen LogP contribution in [0.5, 0.6) is 5.75 Å². The molecule has 0 saturated heterocycles. The molecule has 0 fully saturated rings. The van der Waals surface area contributed by atoms with Gasteiger partial charge in [-0.05, 0) is 23.6 Å². The molecule has 2 aromatic rings. The molecular formula is C13H13NO3S. The highest BCUT2D eigenvalue weighted by Crippen LogP contribution is 2.29. The Kier molecular flexibility index (Phi) is 3.84. The van der Waals surface area contributed by atoms with Gasteiger partial charge in [-0.2, -0.15) is 0 Å². The highest BCUT2D eigenvalue weighted by atomic mass is 32.1. The normalized spacial score (nSPS) is 11.8. The van der Waals surface area contributed by atoms with Gasteiger partial charge in [0, 0.05) is 4.88 Å². The lowest BCUT2D eigenvalue weighted by Gasteiger charge is -2.16. The molecule has 0 bridgehead atoms. The third kappa shape index (κ3) is 2.62. The summed E-state index contributed by atoms with van der Waals surface area (Å²) in [7, 11) is 1.56. The zero-order valence-corrected chi connectivity index (χ0v) is 10.6. The van der Waals surface area contributed by atoms with Gasteiger partial charge in [0.05, 0.1) is 12.8 Å². The average molecular weight is 263 g/mol. The molecule has 1 aromatic heterocycles. The number of benzene rings is 1. The second-order valence-corrected chi connectivity index (χ2v) is 4.61. The first-order chi connectivity index (χ1) is 8.72. The lowest BCUT2D eigenvalue weighted by atomic mass is 10.2. The standard InChI is InChI=1S/C13H13NO3S/c1-17-10-6-3-2-5-9(10)14-12(13(15)16)11-7-4-8-18-11/h2-8,12,14H,1H3,(H,15,16)/t12-/m1/s1. The summed E-state index contributed by atoms with van der Waals surface area (Å²) >= 11 is 1.41. The molecule has 4 nitrogen and oxygen atoms in total. The Morgan fingerprint density at radius 2 is 2.11 bits per heavy atom. The Labute approximate surface area is 109 Å². The van der Waals surface area contributed by atoms with Crippen LogP contribution in [0.4, 0.5) is 5.69 Å². The minimum absolute atomic E-state index is 0.625. The summed E-state index contributed by atoms with van der Waals surface area (Å²) < 4.78 is 5.19. The highest BCUT2D eigenvalue weighted by molar-refractivity contribution is 7.10. The first-order valence-corrected chi connectivity index (χ1v) is 6.26. The summed E-state index contributed by atoms with van der Waals surface area (Å²) in [5.41, 5.74) is 0.667. The Morgan fingerprint density at radius 3 is 2.72 bits per heavy atom. The lowest BCUT2D eigenvalue weighted by Crippen LogP contribution is -2.19. The predicted octanol–water partition coefficient (Wildman–Crippen LogP) is 2.99. The third-order valence-electron chi connectivity index (χ3n) is 2.48. The van der Waals surface area contributed by atoms with Crippen LogP contribution in [-0.2, 0) is 4.79 Å². The molecule has 1 aromatic carbocycles. The smallest absolute Gasteiger partial charge is 0.331 e. The fourth-order valence-corrected chi connectivity index (χ4v) is 2.40. The number of rotatable bonds is 5. The van der Waals surface area contributed by atoms with Crippen molar-refractivity contribution >= 4 is 23.0 Å². The van der Waals surface area contributed by atoms with Gasteiger partial charge in [0.2, 0.25) is 0 Å². The van der Waals surface area contributed by atoms with Gasteiger partial charge < -0.3 is 15.2 Å². The molecule has 5 heteroatoms. The van der Waals surface area contributed by atoms with E-state index in [9.17, 15) is 9.90 Å². The van der Waals surface area contributed by atoms with E-state index in [0.717, 1.165) is 4.88 Å². The van der Waals surface area contributed by atoms with Crippen molar-refractivity contribution in [3.05, 3.63) is 46.7 Å². The second-order valence-electron chi connectivity index (χ2n) is 3.63. The number of aliphatic carboxylic acids is 1. The van der Waals surface area contributed by atoms with E-state index in [1.165, 1.54) is 11.3 Å². The Hall–Kier alpha value is -2.01. The van der Waals surface area contributed by atoms with Crippen molar-refractivity contribution in [1.82, 2.24) is 0 Å². The Balaban J connectivity index is 2.27. The van der Waals surface area contributed by atoms with Crippen molar-refractivity contribution in [2.75, 3.05) is 12.4 Å². The van der Waals surface area contributed by atoms with E-state index in [2.05, 4.69) is 5.32 Å². The van der Waals surface area contributed by atoms with Crippen LogP contribution in [0.3, 0.4) is 0 Å². The molecule has 2 N–H and O–H groups in total. The van der Waals surface area contributed by atoms with E-state index in [4.69, 9.17) is 4.74 Å². The summed E-state index contributed by atoms with van der Waals surface area (Å²) in [6.07, 6.45) is 0. The topological polar surface area (TPSA) is 58.6 Å². The van der Waals surface area contributed by atoms with E-state index in [1.54, 1.807) is 25.3 Å². The van der Waals surface area contributed by atoms with Gasteiger partial charge in [-0.25, -0.2) is 4.79 Å². The maximum atomic E-state index is 11.3. The van der Waals surface area contributed by atoms with Gasteiger partial charge in [-0.1, -0.05) is 18.2 Å². The molecule has 0 radical (unpaired) electrons. The van der Waals surface area contributed by atoms with Gasteiger partial charge in [0.25, 0.3) is 0 Å². The van der Waals surface area contributed by atoms with E-state index >= 15 is 0 Å². The summed E-state index contributed by atoms with van der Waals surface area (Å²) in [6.45, 7) is 0. The summed E-state index contributed by atoms with van der Waals surface area (Å²) in [6, 6.07) is 10.1.